The van der Waals surface area contributed by atoms with Gasteiger partial charge in [-0.25, -0.2) is 4.79 Å². The maximum absolute atomic E-state index is 11.9. The van der Waals surface area contributed by atoms with Crippen molar-refractivity contribution in [3.8, 4) is 0 Å². The predicted octanol–water partition coefficient (Wildman–Crippen LogP) is 2.94. The lowest BCUT2D eigenvalue weighted by Gasteiger charge is -2.30. The number of anilines is 2. The minimum absolute atomic E-state index is 0.179. The van der Waals surface area contributed by atoms with Crippen LogP contribution < -0.4 is 11.1 Å². The molecule has 0 saturated carbocycles. The third kappa shape index (κ3) is 3.80. The van der Waals surface area contributed by atoms with E-state index in [1.807, 2.05) is 0 Å². The van der Waals surface area contributed by atoms with E-state index in [9.17, 15) is 4.79 Å². The largest absolute Gasteiger partial charge is 0.465 e. The molecule has 1 atom stereocenters. The number of benzene rings is 1. The van der Waals surface area contributed by atoms with E-state index in [-0.39, 0.29) is 6.04 Å². The third-order valence-electron chi connectivity index (χ3n) is 3.86. The van der Waals surface area contributed by atoms with E-state index >= 15 is 0 Å². The highest BCUT2D eigenvalue weighted by molar-refractivity contribution is 6.34. The van der Waals surface area contributed by atoms with E-state index in [1.54, 1.807) is 12.1 Å². The molecule has 1 saturated heterocycles. The van der Waals surface area contributed by atoms with Gasteiger partial charge in [0.05, 0.1) is 23.4 Å². The van der Waals surface area contributed by atoms with Crippen molar-refractivity contribution in [2.75, 3.05) is 31.4 Å². The van der Waals surface area contributed by atoms with E-state index in [1.165, 1.54) is 7.11 Å². The summed E-state index contributed by atoms with van der Waals surface area (Å²) in [6.45, 7) is 3.63. The number of rotatable bonds is 4. The summed E-state index contributed by atoms with van der Waals surface area (Å²) in [5.74, 6) is 0.0312. The fraction of sp³-hybridized carbons (Fsp3) is 0.533. The van der Waals surface area contributed by atoms with Gasteiger partial charge in [0.1, 0.15) is 0 Å². The van der Waals surface area contributed by atoms with Crippen molar-refractivity contribution in [2.24, 2.45) is 5.92 Å². The van der Waals surface area contributed by atoms with Crippen LogP contribution in [0.3, 0.4) is 0 Å². The van der Waals surface area contributed by atoms with Gasteiger partial charge in [0.15, 0.2) is 0 Å². The molecule has 1 aromatic carbocycles. The predicted molar refractivity (Wildman–Crippen MR) is 83.8 cm³/mol. The van der Waals surface area contributed by atoms with Gasteiger partial charge in [-0.2, -0.15) is 0 Å². The molecule has 1 unspecified atom stereocenters. The van der Waals surface area contributed by atoms with Crippen LogP contribution in [0.2, 0.25) is 5.02 Å². The number of carbonyl (C=O) groups excluding carboxylic acids is 1. The van der Waals surface area contributed by atoms with Gasteiger partial charge in [-0.3, -0.25) is 0 Å². The molecule has 0 bridgehead atoms. The number of halogens is 1. The molecule has 116 valence electrons. The quantitative estimate of drug-likeness (QED) is 0.660. The lowest BCUT2D eigenvalue weighted by atomic mass is 9.92. The van der Waals surface area contributed by atoms with Crippen LogP contribution in [0.1, 0.15) is 30.1 Å². The van der Waals surface area contributed by atoms with Crippen LogP contribution in [0.15, 0.2) is 12.1 Å². The lowest BCUT2D eigenvalue weighted by molar-refractivity contribution is 0.0597. The monoisotopic (exact) mass is 312 g/mol. The van der Waals surface area contributed by atoms with Crippen molar-refractivity contribution in [2.45, 2.75) is 25.8 Å². The minimum atomic E-state index is -0.453. The van der Waals surface area contributed by atoms with E-state index in [2.05, 4.69) is 12.2 Å². The molecule has 0 amide bonds. The zero-order chi connectivity index (χ0) is 15.4. The van der Waals surface area contributed by atoms with Crippen molar-refractivity contribution in [3.63, 3.8) is 0 Å². The molecule has 0 aliphatic carbocycles. The Morgan fingerprint density at radius 1 is 1.48 bits per heavy atom. The van der Waals surface area contributed by atoms with Gasteiger partial charge in [0.25, 0.3) is 0 Å². The highest BCUT2D eigenvalue weighted by atomic mass is 35.5. The second kappa shape index (κ2) is 7.00. The van der Waals surface area contributed by atoms with Crippen LogP contribution in [0.4, 0.5) is 11.4 Å². The maximum Gasteiger partial charge on any atom is 0.340 e. The summed E-state index contributed by atoms with van der Waals surface area (Å²) in [5.41, 5.74) is 7.14. The zero-order valence-electron chi connectivity index (χ0n) is 12.3. The first-order valence-corrected chi connectivity index (χ1v) is 7.42. The summed E-state index contributed by atoms with van der Waals surface area (Å²) >= 11 is 6.24. The SMILES string of the molecule is COC(=O)c1cc(N)cc(Cl)c1NC(C)C1CCOCC1. The van der Waals surface area contributed by atoms with Gasteiger partial charge < -0.3 is 20.5 Å². The number of nitrogens with two attached hydrogens (primary N) is 1. The van der Waals surface area contributed by atoms with E-state index in [4.69, 9.17) is 26.8 Å². The van der Waals surface area contributed by atoms with Crippen LogP contribution in [0.5, 0.6) is 0 Å². The van der Waals surface area contributed by atoms with Crippen molar-refractivity contribution < 1.29 is 14.3 Å². The lowest BCUT2D eigenvalue weighted by Crippen LogP contribution is -2.31. The van der Waals surface area contributed by atoms with Crippen molar-refractivity contribution in [1.82, 2.24) is 0 Å². The number of nitrogens with one attached hydrogen (secondary N) is 1. The number of esters is 1. The summed E-state index contributed by atoms with van der Waals surface area (Å²) in [6.07, 6.45) is 1.99. The maximum atomic E-state index is 11.9. The molecule has 5 nitrogen and oxygen atoms in total. The Hall–Kier alpha value is -1.46. The number of nitrogen functional groups attached to an aromatic ring is 1. The van der Waals surface area contributed by atoms with E-state index in [0.717, 1.165) is 26.1 Å². The molecule has 0 aromatic heterocycles. The molecule has 1 aromatic rings. The first-order valence-electron chi connectivity index (χ1n) is 7.04. The average Bonchev–Trinajstić information content (AvgIpc) is 2.49. The number of hydrogen-bond donors (Lipinski definition) is 2. The second-order valence-electron chi connectivity index (χ2n) is 5.30. The van der Waals surface area contributed by atoms with Gasteiger partial charge in [0, 0.05) is 24.9 Å². The standard InChI is InChI=1S/C15H21ClN2O3/c1-9(10-3-5-21-6-4-10)18-14-12(15(19)20-2)7-11(17)8-13(14)16/h7-10,18H,3-6,17H2,1-2H3. The number of ether oxygens (including phenoxy) is 2. The highest BCUT2D eigenvalue weighted by Crippen LogP contribution is 2.32. The van der Waals surface area contributed by atoms with Crippen molar-refractivity contribution >= 4 is 28.9 Å². The molecule has 0 spiro atoms. The summed E-state index contributed by atoms with van der Waals surface area (Å²) in [5, 5.41) is 3.77. The molecule has 2 rings (SSSR count). The van der Waals surface area contributed by atoms with Gasteiger partial charge >= 0.3 is 5.97 Å². The smallest absolute Gasteiger partial charge is 0.340 e. The average molecular weight is 313 g/mol. The normalized spacial score (nSPS) is 17.3. The van der Waals surface area contributed by atoms with Gasteiger partial charge in [-0.15, -0.1) is 0 Å². The topological polar surface area (TPSA) is 73.6 Å². The Balaban J connectivity index is 2.23. The Morgan fingerprint density at radius 2 is 2.14 bits per heavy atom. The molecule has 6 heteroatoms. The minimum Gasteiger partial charge on any atom is -0.465 e. The fourth-order valence-corrected chi connectivity index (χ4v) is 2.89. The van der Waals surface area contributed by atoms with Gasteiger partial charge in [0.2, 0.25) is 0 Å². The van der Waals surface area contributed by atoms with Crippen LogP contribution in [0.25, 0.3) is 0 Å². The van der Waals surface area contributed by atoms with Crippen molar-refractivity contribution in [1.29, 1.82) is 0 Å². The summed E-state index contributed by atoms with van der Waals surface area (Å²) in [6, 6.07) is 3.39. The van der Waals surface area contributed by atoms with E-state index in [0.29, 0.717) is 27.9 Å². The second-order valence-corrected chi connectivity index (χ2v) is 5.71. The molecule has 1 aliphatic heterocycles. The zero-order valence-corrected chi connectivity index (χ0v) is 13.1. The van der Waals surface area contributed by atoms with Crippen molar-refractivity contribution in [3.05, 3.63) is 22.7 Å². The van der Waals surface area contributed by atoms with Gasteiger partial charge in [-0.1, -0.05) is 11.6 Å². The van der Waals surface area contributed by atoms with E-state index < -0.39 is 5.97 Å². The molecular formula is C15H21ClN2O3. The highest BCUT2D eigenvalue weighted by Gasteiger charge is 2.23. The first kappa shape index (κ1) is 15.9. The number of hydrogen-bond acceptors (Lipinski definition) is 5. The molecule has 3 N–H and O–H groups in total. The van der Waals surface area contributed by atoms with Gasteiger partial charge in [-0.05, 0) is 37.8 Å². The summed E-state index contributed by atoms with van der Waals surface area (Å²) in [4.78, 5) is 11.9. The fourth-order valence-electron chi connectivity index (χ4n) is 2.61. The Morgan fingerprint density at radius 3 is 2.76 bits per heavy atom. The van der Waals surface area contributed by atoms with Crippen LogP contribution >= 0.6 is 11.6 Å². The molecule has 0 radical (unpaired) electrons. The van der Waals surface area contributed by atoms with Crippen LogP contribution in [0, 0.1) is 5.92 Å². The molecule has 1 heterocycles. The molecular weight excluding hydrogens is 292 g/mol. The summed E-state index contributed by atoms with van der Waals surface area (Å²) < 4.78 is 10.2. The Kier molecular flexibility index (Phi) is 5.31. The third-order valence-corrected chi connectivity index (χ3v) is 4.16. The molecule has 1 aliphatic rings. The number of methoxy groups -OCH3 is 1. The Labute approximate surface area is 129 Å². The van der Waals surface area contributed by atoms with Crippen LogP contribution in [-0.2, 0) is 9.47 Å². The number of carbonyl (C=O) groups is 1. The Bertz CT molecular complexity index is 516. The molecule has 1 fully saturated rings. The first-order chi connectivity index (χ1) is 10.0. The molecule has 21 heavy (non-hydrogen) atoms. The van der Waals surface area contributed by atoms with Crippen LogP contribution in [-0.4, -0.2) is 32.3 Å². The summed E-state index contributed by atoms with van der Waals surface area (Å²) in [7, 11) is 1.34.